The van der Waals surface area contributed by atoms with Gasteiger partial charge in [-0.1, -0.05) is 6.92 Å². The molecule has 2 bridgehead atoms. The van der Waals surface area contributed by atoms with Crippen molar-refractivity contribution < 1.29 is 4.74 Å². The molecule has 114 valence electrons. The number of nitrogens with one attached hydrogen (secondary N) is 2. The highest BCUT2D eigenvalue weighted by molar-refractivity contribution is 5.39. The van der Waals surface area contributed by atoms with Crippen molar-refractivity contribution in [2.45, 2.75) is 38.6 Å². The second kappa shape index (κ2) is 5.00. The SMILES string of the molecule is CCCOc1nc(NC)nc(NC2C3C4CCC(C4)C23)n1. The van der Waals surface area contributed by atoms with E-state index in [2.05, 4.69) is 32.5 Å². The van der Waals surface area contributed by atoms with E-state index < -0.39 is 0 Å². The van der Waals surface area contributed by atoms with Crippen LogP contribution in [0.25, 0.3) is 0 Å². The summed E-state index contributed by atoms with van der Waals surface area (Å²) in [5.74, 6) is 4.82. The van der Waals surface area contributed by atoms with E-state index in [1.54, 1.807) is 0 Å². The Hall–Kier alpha value is -1.59. The number of hydrogen-bond donors (Lipinski definition) is 2. The minimum absolute atomic E-state index is 0.410. The second-order valence-corrected chi connectivity index (χ2v) is 6.52. The van der Waals surface area contributed by atoms with E-state index in [0.717, 1.165) is 30.1 Å². The van der Waals surface area contributed by atoms with Gasteiger partial charge in [-0.05, 0) is 49.4 Å². The summed E-state index contributed by atoms with van der Waals surface area (Å²) in [5, 5.41) is 6.50. The van der Waals surface area contributed by atoms with Crippen LogP contribution in [0.15, 0.2) is 0 Å². The van der Waals surface area contributed by atoms with Crippen LogP contribution >= 0.6 is 0 Å². The lowest BCUT2D eigenvalue weighted by atomic mass is 10.0. The normalized spacial score (nSPS) is 35.4. The highest BCUT2D eigenvalue weighted by Crippen LogP contribution is 2.66. The van der Waals surface area contributed by atoms with Crippen molar-refractivity contribution in [3.05, 3.63) is 0 Å². The molecule has 3 fully saturated rings. The fourth-order valence-electron chi connectivity index (χ4n) is 4.46. The molecule has 0 saturated heterocycles. The quantitative estimate of drug-likeness (QED) is 0.836. The van der Waals surface area contributed by atoms with Crippen molar-refractivity contribution >= 4 is 11.9 Å². The average Bonchev–Trinajstić information content (AvgIpc) is 2.89. The summed E-state index contributed by atoms with van der Waals surface area (Å²) in [4.78, 5) is 13.1. The number of rotatable bonds is 6. The van der Waals surface area contributed by atoms with Gasteiger partial charge in [0, 0.05) is 13.1 Å². The summed E-state index contributed by atoms with van der Waals surface area (Å²) < 4.78 is 5.55. The van der Waals surface area contributed by atoms with Crippen LogP contribution in [0, 0.1) is 23.7 Å². The molecular formula is C15H23N5O. The van der Waals surface area contributed by atoms with Crippen molar-refractivity contribution in [3.63, 3.8) is 0 Å². The van der Waals surface area contributed by atoms with E-state index in [-0.39, 0.29) is 0 Å². The molecule has 0 spiro atoms. The molecule has 0 amide bonds. The van der Waals surface area contributed by atoms with E-state index in [9.17, 15) is 0 Å². The Balaban J connectivity index is 1.47. The molecule has 4 rings (SSSR count). The van der Waals surface area contributed by atoms with Crippen LogP contribution in [0.5, 0.6) is 6.01 Å². The lowest BCUT2D eigenvalue weighted by Gasteiger charge is -2.12. The third kappa shape index (κ3) is 2.21. The molecule has 3 aliphatic rings. The van der Waals surface area contributed by atoms with Crippen LogP contribution in [-0.2, 0) is 0 Å². The Bertz CT molecular complexity index is 521. The molecule has 0 aromatic carbocycles. The fourth-order valence-corrected chi connectivity index (χ4v) is 4.46. The van der Waals surface area contributed by atoms with Gasteiger partial charge in [0.2, 0.25) is 11.9 Å². The first-order valence-corrected chi connectivity index (χ1v) is 8.13. The van der Waals surface area contributed by atoms with Gasteiger partial charge in [0.05, 0.1) is 6.61 Å². The molecule has 0 aliphatic heterocycles. The summed E-state index contributed by atoms with van der Waals surface area (Å²) in [5.41, 5.74) is 0. The third-order valence-corrected chi connectivity index (χ3v) is 5.30. The third-order valence-electron chi connectivity index (χ3n) is 5.30. The van der Waals surface area contributed by atoms with Gasteiger partial charge in [-0.25, -0.2) is 0 Å². The minimum Gasteiger partial charge on any atom is -0.463 e. The smallest absolute Gasteiger partial charge is 0.323 e. The largest absolute Gasteiger partial charge is 0.463 e. The molecule has 1 heterocycles. The maximum Gasteiger partial charge on any atom is 0.323 e. The molecule has 4 atom stereocenters. The van der Waals surface area contributed by atoms with Crippen LogP contribution in [0.4, 0.5) is 11.9 Å². The summed E-state index contributed by atoms with van der Waals surface area (Å²) in [6.45, 7) is 2.70. The van der Waals surface area contributed by atoms with E-state index >= 15 is 0 Å². The Morgan fingerprint density at radius 2 is 1.81 bits per heavy atom. The number of fused-ring (bicyclic) bond motifs is 5. The maximum absolute atomic E-state index is 5.55. The van der Waals surface area contributed by atoms with Crippen molar-refractivity contribution in [2.75, 3.05) is 24.3 Å². The maximum atomic E-state index is 5.55. The fraction of sp³-hybridized carbons (Fsp3) is 0.800. The van der Waals surface area contributed by atoms with Crippen LogP contribution in [0.3, 0.4) is 0 Å². The molecule has 2 N–H and O–H groups in total. The van der Waals surface area contributed by atoms with Gasteiger partial charge in [0.15, 0.2) is 0 Å². The van der Waals surface area contributed by atoms with Crippen LogP contribution in [0.1, 0.15) is 32.6 Å². The Kier molecular flexibility index (Phi) is 3.12. The van der Waals surface area contributed by atoms with Crippen LogP contribution < -0.4 is 15.4 Å². The predicted molar refractivity (Wildman–Crippen MR) is 80.4 cm³/mol. The first-order chi connectivity index (χ1) is 10.3. The summed E-state index contributed by atoms with van der Waals surface area (Å²) in [7, 11) is 1.81. The monoisotopic (exact) mass is 289 g/mol. The van der Waals surface area contributed by atoms with E-state index in [0.29, 0.717) is 30.6 Å². The van der Waals surface area contributed by atoms with Gasteiger partial charge in [-0.3, -0.25) is 0 Å². The number of anilines is 2. The highest BCUT2D eigenvalue weighted by Gasteiger charge is 2.65. The van der Waals surface area contributed by atoms with Crippen molar-refractivity contribution in [3.8, 4) is 6.01 Å². The van der Waals surface area contributed by atoms with Gasteiger partial charge in [-0.15, -0.1) is 0 Å². The molecule has 3 aliphatic carbocycles. The Morgan fingerprint density at radius 1 is 1.10 bits per heavy atom. The average molecular weight is 289 g/mol. The molecule has 6 heteroatoms. The Labute approximate surface area is 125 Å². The van der Waals surface area contributed by atoms with Gasteiger partial charge < -0.3 is 15.4 Å². The van der Waals surface area contributed by atoms with Gasteiger partial charge in [-0.2, -0.15) is 15.0 Å². The standard InChI is InChI=1S/C15H23N5O/c1-3-6-21-15-19-13(16-2)18-14(20-15)17-12-10-8-4-5-9(7-8)11(10)12/h8-12H,3-7H2,1-2H3,(H2,16,17,18,19,20). The van der Waals surface area contributed by atoms with Gasteiger partial charge >= 0.3 is 6.01 Å². The molecule has 21 heavy (non-hydrogen) atoms. The molecule has 1 aromatic rings. The summed E-state index contributed by atoms with van der Waals surface area (Å²) in [6, 6.07) is 0.981. The minimum atomic E-state index is 0.410. The summed E-state index contributed by atoms with van der Waals surface area (Å²) in [6.07, 6.45) is 5.25. The predicted octanol–water partition coefficient (Wildman–Crippen LogP) is 2.16. The zero-order chi connectivity index (χ0) is 14.4. The van der Waals surface area contributed by atoms with Crippen LogP contribution in [-0.4, -0.2) is 34.6 Å². The molecule has 3 saturated carbocycles. The first-order valence-electron chi connectivity index (χ1n) is 8.13. The molecule has 1 aromatic heterocycles. The van der Waals surface area contributed by atoms with Crippen molar-refractivity contribution in [2.24, 2.45) is 23.7 Å². The zero-order valence-electron chi connectivity index (χ0n) is 12.7. The van der Waals surface area contributed by atoms with Crippen LogP contribution in [0.2, 0.25) is 0 Å². The van der Waals surface area contributed by atoms with Gasteiger partial charge in [0.1, 0.15) is 0 Å². The summed E-state index contributed by atoms with van der Waals surface area (Å²) >= 11 is 0. The molecule has 0 radical (unpaired) electrons. The second-order valence-electron chi connectivity index (χ2n) is 6.52. The lowest BCUT2D eigenvalue weighted by molar-refractivity contribution is 0.292. The number of nitrogens with zero attached hydrogens (tertiary/aromatic N) is 3. The van der Waals surface area contributed by atoms with Crippen molar-refractivity contribution in [1.82, 2.24) is 15.0 Å². The molecule has 4 unspecified atom stereocenters. The highest BCUT2D eigenvalue weighted by atomic mass is 16.5. The molecule has 6 nitrogen and oxygen atoms in total. The lowest BCUT2D eigenvalue weighted by Crippen LogP contribution is -2.16. The van der Waals surface area contributed by atoms with Gasteiger partial charge in [0.25, 0.3) is 0 Å². The van der Waals surface area contributed by atoms with Crippen molar-refractivity contribution in [1.29, 1.82) is 0 Å². The Morgan fingerprint density at radius 3 is 2.48 bits per heavy atom. The number of aromatic nitrogens is 3. The number of ether oxygens (including phenoxy) is 1. The number of hydrogen-bond acceptors (Lipinski definition) is 6. The topological polar surface area (TPSA) is 72.0 Å². The zero-order valence-corrected chi connectivity index (χ0v) is 12.7. The molecular weight excluding hydrogens is 266 g/mol. The van der Waals surface area contributed by atoms with E-state index in [1.165, 1.54) is 19.3 Å². The first kappa shape index (κ1) is 13.1. The van der Waals surface area contributed by atoms with E-state index in [1.807, 2.05) is 7.05 Å². The van der Waals surface area contributed by atoms with E-state index in [4.69, 9.17) is 4.74 Å².